The predicted molar refractivity (Wildman–Crippen MR) is 141 cm³/mol. The molecule has 0 saturated carbocycles. The predicted octanol–water partition coefficient (Wildman–Crippen LogP) is 5.30. The summed E-state index contributed by atoms with van der Waals surface area (Å²) in [5.41, 5.74) is 1.79. The molecule has 3 rings (SSSR count). The molecule has 0 bridgehead atoms. The van der Waals surface area contributed by atoms with Gasteiger partial charge in [0.2, 0.25) is 0 Å². The van der Waals surface area contributed by atoms with E-state index in [1.54, 1.807) is 50.8 Å². The Morgan fingerprint density at radius 3 is 2.30 bits per heavy atom. The number of allylic oxidation sites excluding steroid dienone is 1. The summed E-state index contributed by atoms with van der Waals surface area (Å²) in [6, 6.07) is 12.3. The average molecular weight is 574 g/mol. The molecule has 0 unspecified atom stereocenters. The first kappa shape index (κ1) is 28.0. The topological polar surface area (TPSA) is 94.6 Å². The average Bonchev–Trinajstić information content (AvgIpc) is 2.92. The first-order chi connectivity index (χ1) is 18.0. The van der Waals surface area contributed by atoms with Gasteiger partial charge >= 0.3 is 0 Å². The highest BCUT2D eigenvalue weighted by Gasteiger charge is 2.17. The Kier molecular flexibility index (Phi) is 10.8. The third kappa shape index (κ3) is 7.94. The standard InChI is InChI=1S/C27H28BrNO8/c1-31-16-36-21-12-22(28)27(26(13-21)37-17-32-2)23(30)9-5-18-6-10-24(34-4)25(11-18)35-15-19-7-8-20(33-3)14-29-19/h5-14H,15-17H2,1-4H3. The molecule has 0 radical (unpaired) electrons. The minimum Gasteiger partial charge on any atom is -0.495 e. The summed E-state index contributed by atoms with van der Waals surface area (Å²) in [5.74, 6) is 2.24. The molecule has 0 atom stereocenters. The number of benzene rings is 2. The van der Waals surface area contributed by atoms with E-state index in [0.29, 0.717) is 38.8 Å². The highest BCUT2D eigenvalue weighted by molar-refractivity contribution is 9.10. The quantitative estimate of drug-likeness (QED) is 0.144. The van der Waals surface area contributed by atoms with Crippen LogP contribution in [0.1, 0.15) is 21.6 Å². The van der Waals surface area contributed by atoms with E-state index in [1.807, 2.05) is 18.2 Å². The van der Waals surface area contributed by atoms with Crippen LogP contribution in [0.5, 0.6) is 28.7 Å². The molecule has 0 saturated heterocycles. The molecule has 2 aromatic carbocycles. The fourth-order valence-electron chi connectivity index (χ4n) is 3.18. The fourth-order valence-corrected chi connectivity index (χ4v) is 3.79. The van der Waals surface area contributed by atoms with Gasteiger partial charge in [-0.15, -0.1) is 0 Å². The van der Waals surface area contributed by atoms with Crippen LogP contribution in [0.4, 0.5) is 0 Å². The van der Waals surface area contributed by atoms with Crippen LogP contribution in [0.3, 0.4) is 0 Å². The number of halogens is 1. The van der Waals surface area contributed by atoms with Crippen LogP contribution in [0.2, 0.25) is 0 Å². The summed E-state index contributed by atoms with van der Waals surface area (Å²) < 4.78 is 38.0. The molecule has 10 heteroatoms. The molecule has 0 N–H and O–H groups in total. The van der Waals surface area contributed by atoms with Crippen molar-refractivity contribution in [2.45, 2.75) is 6.61 Å². The number of nitrogens with zero attached hydrogens (tertiary/aromatic N) is 1. The Morgan fingerprint density at radius 1 is 0.838 bits per heavy atom. The highest BCUT2D eigenvalue weighted by atomic mass is 79.9. The van der Waals surface area contributed by atoms with E-state index in [2.05, 4.69) is 20.9 Å². The smallest absolute Gasteiger partial charge is 0.190 e. The van der Waals surface area contributed by atoms with Gasteiger partial charge in [0.25, 0.3) is 0 Å². The third-order valence-electron chi connectivity index (χ3n) is 4.97. The number of hydrogen-bond donors (Lipinski definition) is 0. The minimum atomic E-state index is -0.281. The maximum atomic E-state index is 13.1. The molecule has 9 nitrogen and oxygen atoms in total. The maximum absolute atomic E-state index is 13.1. The van der Waals surface area contributed by atoms with Crippen LogP contribution in [0.25, 0.3) is 6.08 Å². The lowest BCUT2D eigenvalue weighted by Crippen LogP contribution is -2.07. The normalized spacial score (nSPS) is 10.8. The Morgan fingerprint density at radius 2 is 1.62 bits per heavy atom. The van der Waals surface area contributed by atoms with Gasteiger partial charge in [-0.1, -0.05) is 12.1 Å². The molecule has 0 aliphatic carbocycles. The number of ether oxygens (including phenoxy) is 7. The van der Waals surface area contributed by atoms with Crippen LogP contribution in [-0.4, -0.2) is 52.8 Å². The zero-order chi connectivity index (χ0) is 26.6. The van der Waals surface area contributed by atoms with Crippen LogP contribution in [0, 0.1) is 0 Å². The van der Waals surface area contributed by atoms with Gasteiger partial charge < -0.3 is 33.2 Å². The minimum absolute atomic E-state index is 0.0353. The van der Waals surface area contributed by atoms with E-state index in [0.717, 1.165) is 11.3 Å². The summed E-state index contributed by atoms with van der Waals surface area (Å²) >= 11 is 3.44. The first-order valence-corrected chi connectivity index (χ1v) is 11.9. The Hall–Kier alpha value is -3.60. The molecule has 1 heterocycles. The number of aromatic nitrogens is 1. The number of carbonyl (C=O) groups is 1. The molecule has 196 valence electrons. The molecule has 37 heavy (non-hydrogen) atoms. The number of methoxy groups -OCH3 is 4. The molecule has 3 aromatic rings. The van der Waals surface area contributed by atoms with Crippen molar-refractivity contribution in [3.63, 3.8) is 0 Å². The second kappa shape index (κ2) is 14.2. The van der Waals surface area contributed by atoms with Crippen molar-refractivity contribution in [1.29, 1.82) is 0 Å². The lowest BCUT2D eigenvalue weighted by molar-refractivity contribution is 0.0455. The van der Waals surface area contributed by atoms with Crippen molar-refractivity contribution in [3.8, 4) is 28.7 Å². The molecular formula is C27H28BrNO8. The van der Waals surface area contributed by atoms with Crippen molar-refractivity contribution in [2.24, 2.45) is 0 Å². The molecule has 0 spiro atoms. The number of pyridine rings is 1. The lowest BCUT2D eigenvalue weighted by Gasteiger charge is -2.14. The molecule has 1 aromatic heterocycles. The van der Waals surface area contributed by atoms with Gasteiger partial charge in [-0.05, 0) is 57.9 Å². The fraction of sp³-hybridized carbons (Fsp3) is 0.259. The first-order valence-electron chi connectivity index (χ1n) is 11.1. The molecule has 0 aliphatic rings. The van der Waals surface area contributed by atoms with Crippen molar-refractivity contribution in [2.75, 3.05) is 42.0 Å². The second-order valence-corrected chi connectivity index (χ2v) is 8.32. The third-order valence-corrected chi connectivity index (χ3v) is 5.60. The summed E-state index contributed by atoms with van der Waals surface area (Å²) in [6.07, 6.45) is 4.76. The van der Waals surface area contributed by atoms with Gasteiger partial charge in [0.1, 0.15) is 23.9 Å². The largest absolute Gasteiger partial charge is 0.495 e. The lowest BCUT2D eigenvalue weighted by atomic mass is 10.1. The zero-order valence-corrected chi connectivity index (χ0v) is 22.6. The summed E-state index contributed by atoms with van der Waals surface area (Å²) in [6.45, 7) is 0.253. The van der Waals surface area contributed by atoms with Crippen LogP contribution >= 0.6 is 15.9 Å². The van der Waals surface area contributed by atoms with Gasteiger partial charge in [0.15, 0.2) is 30.9 Å². The summed E-state index contributed by atoms with van der Waals surface area (Å²) in [5, 5.41) is 0. The highest BCUT2D eigenvalue weighted by Crippen LogP contribution is 2.34. The Balaban J connectivity index is 1.80. The Bertz CT molecular complexity index is 1210. The summed E-state index contributed by atoms with van der Waals surface area (Å²) in [4.78, 5) is 17.4. The summed E-state index contributed by atoms with van der Waals surface area (Å²) in [7, 11) is 6.16. The number of hydrogen-bond acceptors (Lipinski definition) is 9. The van der Waals surface area contributed by atoms with E-state index in [1.165, 1.54) is 20.3 Å². The molecular weight excluding hydrogens is 546 g/mol. The monoisotopic (exact) mass is 573 g/mol. The van der Waals surface area contributed by atoms with Crippen LogP contribution in [0.15, 0.2) is 59.2 Å². The van der Waals surface area contributed by atoms with Crippen molar-refractivity contribution < 1.29 is 38.0 Å². The maximum Gasteiger partial charge on any atom is 0.190 e. The van der Waals surface area contributed by atoms with Gasteiger partial charge in [-0.25, -0.2) is 0 Å². The van der Waals surface area contributed by atoms with Crippen molar-refractivity contribution >= 4 is 27.8 Å². The van der Waals surface area contributed by atoms with Crippen molar-refractivity contribution in [1.82, 2.24) is 4.98 Å². The number of carbonyl (C=O) groups excluding carboxylic acids is 1. The molecule has 0 amide bonds. The van der Waals surface area contributed by atoms with Crippen molar-refractivity contribution in [3.05, 3.63) is 76.0 Å². The van der Waals surface area contributed by atoms with Gasteiger partial charge in [0.05, 0.1) is 31.7 Å². The number of ketones is 1. The van der Waals surface area contributed by atoms with Crippen LogP contribution < -0.4 is 23.7 Å². The van der Waals surface area contributed by atoms with E-state index in [-0.39, 0.29) is 26.0 Å². The Labute approximate surface area is 224 Å². The van der Waals surface area contributed by atoms with Gasteiger partial charge in [0, 0.05) is 24.8 Å². The van der Waals surface area contributed by atoms with Gasteiger partial charge in [-0.3, -0.25) is 9.78 Å². The molecule has 0 aliphatic heterocycles. The van der Waals surface area contributed by atoms with Crippen LogP contribution in [-0.2, 0) is 16.1 Å². The number of rotatable bonds is 14. The molecule has 0 fully saturated rings. The second-order valence-electron chi connectivity index (χ2n) is 7.47. The van der Waals surface area contributed by atoms with E-state index in [9.17, 15) is 4.79 Å². The van der Waals surface area contributed by atoms with E-state index < -0.39 is 0 Å². The SMILES string of the molecule is COCOc1cc(Br)c(C(=O)C=Cc2ccc(OC)c(OCc3ccc(OC)cn3)c2)c(OCOC)c1. The van der Waals surface area contributed by atoms with E-state index >= 15 is 0 Å². The zero-order valence-electron chi connectivity index (χ0n) is 21.0. The van der Waals surface area contributed by atoms with Gasteiger partial charge in [-0.2, -0.15) is 0 Å². The van der Waals surface area contributed by atoms with E-state index in [4.69, 9.17) is 33.2 Å².